The minimum Gasteiger partial charge on any atom is -0.423 e. The third-order valence-corrected chi connectivity index (χ3v) is 6.49. The SMILES string of the molecule is O=C(Nc1ccc(Cl)c(C(=O)Nc2cnc(Nc3ccc(OC(=O)c4ccccc4)cc3)nc2)c1)c1cccc(C(F)(F)F)c1. The Morgan fingerprint density at radius 1 is 0.689 bits per heavy atom. The van der Waals surface area contributed by atoms with Crippen molar-refractivity contribution in [2.45, 2.75) is 6.18 Å². The van der Waals surface area contributed by atoms with E-state index in [2.05, 4.69) is 25.9 Å². The van der Waals surface area contributed by atoms with E-state index in [0.29, 0.717) is 17.0 Å². The summed E-state index contributed by atoms with van der Waals surface area (Å²) in [6.45, 7) is 0. The van der Waals surface area contributed by atoms with Crippen LogP contribution in [0.4, 0.5) is 36.2 Å². The molecule has 226 valence electrons. The molecule has 9 nitrogen and oxygen atoms in total. The number of carbonyl (C=O) groups is 3. The average Bonchev–Trinajstić information content (AvgIpc) is 3.04. The first-order valence-electron chi connectivity index (χ1n) is 13.1. The molecule has 0 aliphatic rings. The number of ether oxygens (including phenoxy) is 1. The quantitative estimate of drug-likeness (QED) is 0.119. The van der Waals surface area contributed by atoms with Gasteiger partial charge in [-0.2, -0.15) is 13.2 Å². The number of anilines is 4. The molecule has 0 bridgehead atoms. The Bertz CT molecular complexity index is 1850. The van der Waals surface area contributed by atoms with E-state index in [4.69, 9.17) is 16.3 Å². The van der Waals surface area contributed by atoms with Crippen LogP contribution in [-0.4, -0.2) is 27.8 Å². The number of aromatic nitrogens is 2. The number of benzene rings is 4. The fourth-order valence-electron chi connectivity index (χ4n) is 3.95. The Balaban J connectivity index is 1.18. The second-order valence-corrected chi connectivity index (χ2v) is 9.79. The molecule has 0 radical (unpaired) electrons. The van der Waals surface area contributed by atoms with Gasteiger partial charge in [-0.15, -0.1) is 0 Å². The maximum atomic E-state index is 13.0. The third-order valence-electron chi connectivity index (χ3n) is 6.16. The number of nitrogens with zero attached hydrogens (tertiary/aromatic N) is 2. The lowest BCUT2D eigenvalue weighted by Crippen LogP contribution is -2.16. The Morgan fingerprint density at radius 2 is 1.33 bits per heavy atom. The van der Waals surface area contributed by atoms with Crippen LogP contribution in [0.25, 0.3) is 0 Å². The van der Waals surface area contributed by atoms with Crippen molar-refractivity contribution in [3.05, 3.63) is 137 Å². The fourth-order valence-corrected chi connectivity index (χ4v) is 4.15. The number of halogens is 4. The van der Waals surface area contributed by atoms with E-state index >= 15 is 0 Å². The van der Waals surface area contributed by atoms with Gasteiger partial charge in [0.15, 0.2) is 0 Å². The van der Waals surface area contributed by atoms with E-state index in [0.717, 1.165) is 18.2 Å². The van der Waals surface area contributed by atoms with E-state index in [1.165, 1.54) is 36.7 Å². The average molecular weight is 632 g/mol. The molecular weight excluding hydrogens is 611 g/mol. The summed E-state index contributed by atoms with van der Waals surface area (Å²) in [6.07, 6.45) is -1.89. The maximum absolute atomic E-state index is 13.0. The van der Waals surface area contributed by atoms with Crippen molar-refractivity contribution in [3.8, 4) is 5.75 Å². The molecule has 45 heavy (non-hydrogen) atoms. The van der Waals surface area contributed by atoms with Crippen LogP contribution in [-0.2, 0) is 6.18 Å². The first-order valence-corrected chi connectivity index (χ1v) is 13.5. The van der Waals surface area contributed by atoms with Crippen LogP contribution in [0.2, 0.25) is 5.02 Å². The summed E-state index contributed by atoms with van der Waals surface area (Å²) in [5.74, 6) is -1.34. The number of amides is 2. The van der Waals surface area contributed by atoms with Gasteiger partial charge in [0.25, 0.3) is 11.8 Å². The predicted octanol–water partition coefficient (Wildman–Crippen LogP) is 7.62. The van der Waals surface area contributed by atoms with Gasteiger partial charge in [-0.25, -0.2) is 14.8 Å². The number of rotatable bonds is 8. The van der Waals surface area contributed by atoms with Crippen molar-refractivity contribution in [1.82, 2.24) is 9.97 Å². The van der Waals surface area contributed by atoms with E-state index in [1.807, 2.05) is 0 Å². The molecule has 0 spiro atoms. The van der Waals surface area contributed by atoms with Gasteiger partial charge < -0.3 is 20.7 Å². The van der Waals surface area contributed by atoms with Gasteiger partial charge in [0.05, 0.1) is 39.8 Å². The monoisotopic (exact) mass is 631 g/mol. The number of carbonyl (C=O) groups excluding carboxylic acids is 3. The Kier molecular flexibility index (Phi) is 9.05. The van der Waals surface area contributed by atoms with Gasteiger partial charge in [0, 0.05) is 16.9 Å². The lowest BCUT2D eigenvalue weighted by atomic mass is 10.1. The van der Waals surface area contributed by atoms with Gasteiger partial charge >= 0.3 is 12.1 Å². The molecule has 2 amide bonds. The summed E-state index contributed by atoms with van der Waals surface area (Å²) in [7, 11) is 0. The summed E-state index contributed by atoms with van der Waals surface area (Å²) in [6, 6.07) is 23.2. The number of hydrogen-bond donors (Lipinski definition) is 3. The van der Waals surface area contributed by atoms with Crippen molar-refractivity contribution >= 4 is 52.4 Å². The van der Waals surface area contributed by atoms with Crippen molar-refractivity contribution in [3.63, 3.8) is 0 Å². The number of alkyl halides is 3. The number of hydrogen-bond acceptors (Lipinski definition) is 7. The number of nitrogens with one attached hydrogen (secondary N) is 3. The molecule has 5 aromatic rings. The maximum Gasteiger partial charge on any atom is 0.416 e. The zero-order valence-corrected chi connectivity index (χ0v) is 23.7. The van der Waals surface area contributed by atoms with Gasteiger partial charge in [-0.3, -0.25) is 9.59 Å². The van der Waals surface area contributed by atoms with Crippen LogP contribution in [0.5, 0.6) is 5.75 Å². The molecule has 0 aliphatic carbocycles. The van der Waals surface area contributed by atoms with Gasteiger partial charge in [-0.1, -0.05) is 35.9 Å². The molecule has 4 aromatic carbocycles. The van der Waals surface area contributed by atoms with Crippen LogP contribution in [0, 0.1) is 0 Å². The topological polar surface area (TPSA) is 122 Å². The highest BCUT2D eigenvalue weighted by atomic mass is 35.5. The van der Waals surface area contributed by atoms with Crippen LogP contribution >= 0.6 is 11.6 Å². The van der Waals surface area contributed by atoms with Gasteiger partial charge in [-0.05, 0) is 72.8 Å². The highest BCUT2D eigenvalue weighted by molar-refractivity contribution is 6.34. The molecule has 0 saturated heterocycles. The van der Waals surface area contributed by atoms with Crippen LogP contribution in [0.3, 0.4) is 0 Å². The molecule has 5 rings (SSSR count). The van der Waals surface area contributed by atoms with Crippen molar-refractivity contribution < 1.29 is 32.3 Å². The van der Waals surface area contributed by atoms with E-state index < -0.39 is 29.5 Å². The Hall–Kier alpha value is -5.75. The van der Waals surface area contributed by atoms with Gasteiger partial charge in [0.1, 0.15) is 5.75 Å². The molecule has 0 atom stereocenters. The lowest BCUT2D eigenvalue weighted by molar-refractivity contribution is -0.137. The van der Waals surface area contributed by atoms with E-state index in [9.17, 15) is 27.6 Å². The Morgan fingerprint density at radius 3 is 2.02 bits per heavy atom. The standard InChI is InChI=1S/C32H21ClF3N5O4/c33-27-14-11-23(39-28(42)20-7-4-8-21(15-20)32(34,35)36)16-26(27)29(43)40-24-17-37-31(38-18-24)41-22-9-12-25(13-10-22)45-30(44)19-5-2-1-3-6-19/h1-18H,(H,39,42)(H,40,43)(H,37,38,41). The molecule has 3 N–H and O–H groups in total. The molecule has 0 saturated carbocycles. The second-order valence-electron chi connectivity index (χ2n) is 9.38. The molecular formula is C32H21ClF3N5O4. The first kappa shape index (κ1) is 30.7. The first-order chi connectivity index (χ1) is 21.5. The van der Waals surface area contributed by atoms with Crippen molar-refractivity contribution in [1.29, 1.82) is 0 Å². The van der Waals surface area contributed by atoms with Crippen molar-refractivity contribution in [2.75, 3.05) is 16.0 Å². The molecule has 1 heterocycles. The lowest BCUT2D eigenvalue weighted by Gasteiger charge is -2.11. The summed E-state index contributed by atoms with van der Waals surface area (Å²) in [5, 5.41) is 8.13. The molecule has 13 heteroatoms. The highest BCUT2D eigenvalue weighted by Crippen LogP contribution is 2.30. The molecule has 0 fully saturated rings. The zero-order valence-electron chi connectivity index (χ0n) is 22.9. The molecule has 0 aliphatic heterocycles. The minimum absolute atomic E-state index is 0.00577. The van der Waals surface area contributed by atoms with E-state index in [-0.39, 0.29) is 33.5 Å². The van der Waals surface area contributed by atoms with E-state index in [1.54, 1.807) is 54.6 Å². The largest absolute Gasteiger partial charge is 0.423 e. The summed E-state index contributed by atoms with van der Waals surface area (Å²) < 4.78 is 44.4. The third kappa shape index (κ3) is 8.00. The predicted molar refractivity (Wildman–Crippen MR) is 162 cm³/mol. The van der Waals surface area contributed by atoms with Crippen molar-refractivity contribution in [2.24, 2.45) is 0 Å². The normalized spacial score (nSPS) is 10.9. The summed E-state index contributed by atoms with van der Waals surface area (Å²) in [4.78, 5) is 46.1. The van der Waals surface area contributed by atoms with Crippen LogP contribution < -0.4 is 20.7 Å². The summed E-state index contributed by atoms with van der Waals surface area (Å²) >= 11 is 6.20. The van der Waals surface area contributed by atoms with Crippen LogP contribution in [0.1, 0.15) is 36.6 Å². The fraction of sp³-hybridized carbons (Fsp3) is 0.0312. The number of esters is 1. The van der Waals surface area contributed by atoms with Crippen LogP contribution in [0.15, 0.2) is 109 Å². The molecule has 1 aromatic heterocycles. The Labute approximate surface area is 259 Å². The second kappa shape index (κ2) is 13.3. The smallest absolute Gasteiger partial charge is 0.416 e. The van der Waals surface area contributed by atoms with Gasteiger partial charge in [0.2, 0.25) is 5.95 Å². The highest BCUT2D eigenvalue weighted by Gasteiger charge is 2.31. The molecule has 0 unspecified atom stereocenters. The summed E-state index contributed by atoms with van der Waals surface area (Å²) in [5.41, 5.74) is 0.243. The zero-order chi connectivity index (χ0) is 32.0. The minimum atomic E-state index is -4.60.